The predicted molar refractivity (Wildman–Crippen MR) is 78.0 cm³/mol. The molecule has 1 aromatic heterocycles. The zero-order chi connectivity index (χ0) is 13.1. The van der Waals surface area contributed by atoms with Gasteiger partial charge in [-0.05, 0) is 30.4 Å². The van der Waals surface area contributed by atoms with Gasteiger partial charge in [0.2, 0.25) is 0 Å². The molecular weight excluding hydrogens is 240 g/mol. The van der Waals surface area contributed by atoms with E-state index in [1.165, 1.54) is 11.1 Å². The quantitative estimate of drug-likeness (QED) is 0.907. The molecule has 1 heterocycles. The zero-order valence-electron chi connectivity index (χ0n) is 11.2. The highest BCUT2D eigenvalue weighted by Crippen LogP contribution is 2.20. The van der Waals surface area contributed by atoms with Crippen LogP contribution >= 0.6 is 11.3 Å². The molecule has 0 bridgehead atoms. The third-order valence-corrected chi connectivity index (χ3v) is 3.91. The molecule has 2 aromatic rings. The number of hydrogen-bond donors (Lipinski definition) is 1. The second-order valence-electron chi connectivity index (χ2n) is 5.00. The van der Waals surface area contributed by atoms with Crippen molar-refractivity contribution in [2.45, 2.75) is 39.2 Å². The molecule has 2 nitrogen and oxygen atoms in total. The van der Waals surface area contributed by atoms with Crippen molar-refractivity contribution in [3.05, 3.63) is 51.5 Å². The molecule has 18 heavy (non-hydrogen) atoms. The van der Waals surface area contributed by atoms with Crippen LogP contribution < -0.4 is 5.73 Å². The van der Waals surface area contributed by atoms with Gasteiger partial charge < -0.3 is 5.73 Å². The highest BCUT2D eigenvalue weighted by atomic mass is 32.1. The lowest BCUT2D eigenvalue weighted by atomic mass is 9.99. The number of aromatic nitrogens is 1. The first-order valence-corrected chi connectivity index (χ1v) is 7.20. The number of aryl methyl sites for hydroxylation is 1. The van der Waals surface area contributed by atoms with Crippen molar-refractivity contribution in [3.63, 3.8) is 0 Å². The molecule has 0 saturated heterocycles. The Balaban J connectivity index is 2.05. The Hall–Kier alpha value is -1.19. The molecular formula is C15H20N2S. The number of rotatable bonds is 4. The van der Waals surface area contributed by atoms with E-state index in [1.807, 2.05) is 6.92 Å². The lowest BCUT2D eigenvalue weighted by Gasteiger charge is -2.10. The molecule has 96 valence electrons. The van der Waals surface area contributed by atoms with Crippen molar-refractivity contribution < 1.29 is 0 Å². The van der Waals surface area contributed by atoms with E-state index in [0.717, 1.165) is 17.1 Å². The Bertz CT molecular complexity index is 499. The summed E-state index contributed by atoms with van der Waals surface area (Å²) in [6.07, 6.45) is 0.849. The smallest absolute Gasteiger partial charge is 0.0898 e. The number of nitrogens with zero attached hydrogens (tertiary/aromatic N) is 1. The first-order chi connectivity index (χ1) is 8.56. The molecule has 1 unspecified atom stereocenters. The Morgan fingerprint density at radius 1 is 1.22 bits per heavy atom. The van der Waals surface area contributed by atoms with E-state index in [9.17, 15) is 0 Å². The van der Waals surface area contributed by atoms with Crippen LogP contribution in [0.3, 0.4) is 0 Å². The summed E-state index contributed by atoms with van der Waals surface area (Å²) in [6.45, 7) is 6.43. The summed E-state index contributed by atoms with van der Waals surface area (Å²) in [4.78, 5) is 4.45. The minimum atomic E-state index is -0.000139. The Kier molecular flexibility index (Phi) is 4.15. The number of nitrogens with two attached hydrogens (primary N) is 1. The highest BCUT2D eigenvalue weighted by Gasteiger charge is 2.10. The van der Waals surface area contributed by atoms with E-state index in [1.54, 1.807) is 11.3 Å². The fourth-order valence-corrected chi connectivity index (χ4v) is 2.62. The molecule has 3 heteroatoms. The van der Waals surface area contributed by atoms with Crippen molar-refractivity contribution in [3.8, 4) is 0 Å². The molecule has 0 saturated carbocycles. The van der Waals surface area contributed by atoms with Gasteiger partial charge in [0.25, 0.3) is 0 Å². The summed E-state index contributed by atoms with van der Waals surface area (Å²) >= 11 is 1.66. The van der Waals surface area contributed by atoms with Crippen LogP contribution in [-0.2, 0) is 6.42 Å². The second-order valence-corrected chi connectivity index (χ2v) is 6.06. The van der Waals surface area contributed by atoms with Gasteiger partial charge in [0.05, 0.1) is 16.7 Å². The summed E-state index contributed by atoms with van der Waals surface area (Å²) < 4.78 is 0. The van der Waals surface area contributed by atoms with Crippen molar-refractivity contribution in [2.24, 2.45) is 5.73 Å². The molecule has 0 aliphatic heterocycles. The third kappa shape index (κ3) is 3.18. The maximum atomic E-state index is 6.18. The molecule has 0 aliphatic rings. The van der Waals surface area contributed by atoms with E-state index in [0.29, 0.717) is 5.92 Å². The van der Waals surface area contributed by atoms with Gasteiger partial charge >= 0.3 is 0 Å². The predicted octanol–water partition coefficient (Wildman–Crippen LogP) is 3.82. The standard InChI is InChI=1S/C15H20N2S/c1-10(2)13-6-4-12(5-7-13)8-14(16)15-9-18-11(3)17-15/h4-7,9-10,14H,8,16H2,1-3H3. The molecule has 1 atom stereocenters. The fourth-order valence-electron chi connectivity index (χ4n) is 1.95. The Morgan fingerprint density at radius 2 is 1.89 bits per heavy atom. The van der Waals surface area contributed by atoms with E-state index in [2.05, 4.69) is 48.5 Å². The van der Waals surface area contributed by atoms with Gasteiger partial charge in [-0.3, -0.25) is 0 Å². The van der Waals surface area contributed by atoms with Crippen LogP contribution in [0.5, 0.6) is 0 Å². The van der Waals surface area contributed by atoms with Crippen LogP contribution in [0.15, 0.2) is 29.6 Å². The summed E-state index contributed by atoms with van der Waals surface area (Å²) in [7, 11) is 0. The lowest BCUT2D eigenvalue weighted by molar-refractivity contribution is 0.699. The molecule has 0 amide bonds. The normalized spacial score (nSPS) is 12.9. The molecule has 2 N–H and O–H groups in total. The Labute approximate surface area is 113 Å². The number of hydrogen-bond acceptors (Lipinski definition) is 3. The van der Waals surface area contributed by atoms with E-state index in [-0.39, 0.29) is 6.04 Å². The van der Waals surface area contributed by atoms with Gasteiger partial charge in [-0.2, -0.15) is 0 Å². The summed E-state index contributed by atoms with van der Waals surface area (Å²) in [5.74, 6) is 0.578. The largest absolute Gasteiger partial charge is 0.322 e. The van der Waals surface area contributed by atoms with Gasteiger partial charge in [0.15, 0.2) is 0 Å². The average Bonchev–Trinajstić information content (AvgIpc) is 2.76. The van der Waals surface area contributed by atoms with Crippen molar-refractivity contribution in [1.82, 2.24) is 4.98 Å². The summed E-state index contributed by atoms with van der Waals surface area (Å²) in [5, 5.41) is 3.14. The monoisotopic (exact) mass is 260 g/mol. The highest BCUT2D eigenvalue weighted by molar-refractivity contribution is 7.09. The zero-order valence-corrected chi connectivity index (χ0v) is 12.0. The molecule has 0 aliphatic carbocycles. The molecule has 0 radical (unpaired) electrons. The van der Waals surface area contributed by atoms with Crippen LogP contribution in [0.25, 0.3) is 0 Å². The van der Waals surface area contributed by atoms with Crippen molar-refractivity contribution in [1.29, 1.82) is 0 Å². The topological polar surface area (TPSA) is 38.9 Å². The minimum Gasteiger partial charge on any atom is -0.322 e. The second kappa shape index (κ2) is 5.63. The summed E-state index contributed by atoms with van der Waals surface area (Å²) in [6, 6.07) is 8.74. The Morgan fingerprint density at radius 3 is 2.39 bits per heavy atom. The summed E-state index contributed by atoms with van der Waals surface area (Å²) in [5.41, 5.74) is 9.83. The van der Waals surface area contributed by atoms with Gasteiger partial charge in [0, 0.05) is 5.38 Å². The van der Waals surface area contributed by atoms with Gasteiger partial charge in [0.1, 0.15) is 0 Å². The molecule has 1 aromatic carbocycles. The van der Waals surface area contributed by atoms with Gasteiger partial charge in [-0.15, -0.1) is 11.3 Å². The molecule has 2 rings (SSSR count). The number of benzene rings is 1. The maximum absolute atomic E-state index is 6.18. The van der Waals surface area contributed by atoms with Crippen molar-refractivity contribution in [2.75, 3.05) is 0 Å². The minimum absolute atomic E-state index is 0.000139. The van der Waals surface area contributed by atoms with Crippen LogP contribution in [-0.4, -0.2) is 4.98 Å². The SMILES string of the molecule is Cc1nc(C(N)Cc2ccc(C(C)C)cc2)cs1. The first kappa shape index (κ1) is 13.2. The van der Waals surface area contributed by atoms with E-state index < -0.39 is 0 Å². The number of thiazole rings is 1. The van der Waals surface area contributed by atoms with Crippen molar-refractivity contribution >= 4 is 11.3 Å². The maximum Gasteiger partial charge on any atom is 0.0898 e. The lowest BCUT2D eigenvalue weighted by Crippen LogP contribution is -2.13. The van der Waals surface area contributed by atoms with E-state index in [4.69, 9.17) is 5.73 Å². The van der Waals surface area contributed by atoms with Crippen LogP contribution in [0.4, 0.5) is 0 Å². The third-order valence-electron chi connectivity index (χ3n) is 3.12. The molecule has 0 fully saturated rings. The van der Waals surface area contributed by atoms with Crippen LogP contribution in [0, 0.1) is 6.92 Å². The fraction of sp³-hybridized carbons (Fsp3) is 0.400. The van der Waals surface area contributed by atoms with Gasteiger partial charge in [-0.1, -0.05) is 38.1 Å². The van der Waals surface area contributed by atoms with E-state index >= 15 is 0 Å². The van der Waals surface area contributed by atoms with Crippen LogP contribution in [0.2, 0.25) is 0 Å². The van der Waals surface area contributed by atoms with Gasteiger partial charge in [-0.25, -0.2) is 4.98 Å². The van der Waals surface area contributed by atoms with Crippen LogP contribution in [0.1, 0.15) is 47.6 Å². The average molecular weight is 260 g/mol. The first-order valence-electron chi connectivity index (χ1n) is 6.32. The molecule has 0 spiro atoms.